The molecule has 1 fully saturated rings. The van der Waals surface area contributed by atoms with Crippen molar-refractivity contribution in [3.63, 3.8) is 0 Å². The Hall–Kier alpha value is -0.510. The summed E-state index contributed by atoms with van der Waals surface area (Å²) < 4.78 is 0. The van der Waals surface area contributed by atoms with E-state index < -0.39 is 0 Å². The van der Waals surface area contributed by atoms with Crippen LogP contribution in [0.3, 0.4) is 0 Å². The molecule has 0 aliphatic carbocycles. The molecule has 2 rings (SSSR count). The van der Waals surface area contributed by atoms with Gasteiger partial charge in [-0.2, -0.15) is 0 Å². The molecule has 2 atom stereocenters. The first-order valence-corrected chi connectivity index (χ1v) is 7.82. The zero-order valence-electron chi connectivity index (χ0n) is 11.8. The second-order valence-corrected chi connectivity index (χ2v) is 6.91. The second kappa shape index (κ2) is 5.24. The quantitative estimate of drug-likeness (QED) is 0.831. The second-order valence-electron chi connectivity index (χ2n) is 6.03. The molecule has 1 heterocycles. The van der Waals surface area contributed by atoms with Gasteiger partial charge in [0.15, 0.2) is 0 Å². The molecule has 0 aromatic heterocycles. The maximum absolute atomic E-state index is 6.32. The lowest BCUT2D eigenvalue weighted by Crippen LogP contribution is -2.43. The summed E-state index contributed by atoms with van der Waals surface area (Å²) in [6.07, 6.45) is 3.20. The summed E-state index contributed by atoms with van der Waals surface area (Å²) in [6, 6.07) is 9.49. The van der Waals surface area contributed by atoms with Crippen molar-refractivity contribution in [2.45, 2.75) is 49.7 Å². The van der Waals surface area contributed by atoms with Crippen LogP contribution in [0.1, 0.15) is 38.8 Å². The van der Waals surface area contributed by atoms with Crippen molar-refractivity contribution < 1.29 is 0 Å². The third-order valence-electron chi connectivity index (χ3n) is 3.76. The Morgan fingerprint density at radius 2 is 1.83 bits per heavy atom. The molecule has 1 aliphatic heterocycles. The van der Waals surface area contributed by atoms with Crippen molar-refractivity contribution in [1.29, 1.82) is 0 Å². The first kappa shape index (κ1) is 13.9. The van der Waals surface area contributed by atoms with E-state index in [4.69, 9.17) is 5.73 Å². The van der Waals surface area contributed by atoms with Gasteiger partial charge in [-0.25, -0.2) is 0 Å². The van der Waals surface area contributed by atoms with Gasteiger partial charge < -0.3 is 5.73 Å². The van der Waals surface area contributed by atoms with Gasteiger partial charge in [0.05, 0.1) is 6.04 Å². The molecular formula is C15H24N2S. The third-order valence-corrected chi connectivity index (χ3v) is 4.51. The summed E-state index contributed by atoms with van der Waals surface area (Å²) in [6.45, 7) is 7.91. The maximum atomic E-state index is 6.32. The zero-order chi connectivity index (χ0) is 13.3. The van der Waals surface area contributed by atoms with Gasteiger partial charge in [0.1, 0.15) is 0 Å². The van der Waals surface area contributed by atoms with Gasteiger partial charge in [-0.3, -0.25) is 4.90 Å². The number of rotatable bonds is 2. The fourth-order valence-corrected chi connectivity index (χ4v) is 3.21. The van der Waals surface area contributed by atoms with Crippen LogP contribution in [-0.4, -0.2) is 29.3 Å². The highest BCUT2D eigenvalue weighted by molar-refractivity contribution is 7.98. The monoisotopic (exact) mass is 264 g/mol. The van der Waals surface area contributed by atoms with E-state index in [9.17, 15) is 0 Å². The molecular weight excluding hydrogens is 240 g/mol. The van der Waals surface area contributed by atoms with Gasteiger partial charge >= 0.3 is 0 Å². The van der Waals surface area contributed by atoms with Crippen LogP contribution in [0, 0.1) is 0 Å². The van der Waals surface area contributed by atoms with E-state index >= 15 is 0 Å². The molecule has 0 bridgehead atoms. The van der Waals surface area contributed by atoms with Crippen molar-refractivity contribution in [3.8, 4) is 0 Å². The lowest BCUT2D eigenvalue weighted by molar-refractivity contribution is 0.117. The number of likely N-dealkylation sites (tertiary alicyclic amines) is 1. The van der Waals surface area contributed by atoms with Crippen molar-refractivity contribution in [2.75, 3.05) is 12.8 Å². The molecule has 100 valence electrons. The summed E-state index contributed by atoms with van der Waals surface area (Å²) in [5, 5.41) is 0. The summed E-state index contributed by atoms with van der Waals surface area (Å²) in [5.74, 6) is 0. The van der Waals surface area contributed by atoms with Crippen LogP contribution in [0.4, 0.5) is 0 Å². The predicted molar refractivity (Wildman–Crippen MR) is 80.0 cm³/mol. The van der Waals surface area contributed by atoms with Gasteiger partial charge in [0, 0.05) is 23.0 Å². The average molecular weight is 264 g/mol. The SMILES string of the molecule is CSc1ccc(C2C(N)CCN2C(C)(C)C)cc1. The van der Waals surface area contributed by atoms with Crippen molar-refractivity contribution >= 4 is 11.8 Å². The topological polar surface area (TPSA) is 29.3 Å². The first-order valence-electron chi connectivity index (χ1n) is 6.60. The van der Waals surface area contributed by atoms with E-state index in [0.717, 1.165) is 13.0 Å². The molecule has 1 aromatic rings. The fraction of sp³-hybridized carbons (Fsp3) is 0.600. The Kier molecular flexibility index (Phi) is 4.05. The first-order chi connectivity index (χ1) is 8.43. The van der Waals surface area contributed by atoms with E-state index in [2.05, 4.69) is 56.2 Å². The van der Waals surface area contributed by atoms with Crippen LogP contribution < -0.4 is 5.73 Å². The summed E-state index contributed by atoms with van der Waals surface area (Å²) >= 11 is 1.78. The number of benzene rings is 1. The van der Waals surface area contributed by atoms with Crippen LogP contribution >= 0.6 is 11.8 Å². The van der Waals surface area contributed by atoms with Crippen LogP contribution in [0.2, 0.25) is 0 Å². The number of nitrogens with two attached hydrogens (primary N) is 1. The maximum Gasteiger partial charge on any atom is 0.0504 e. The van der Waals surface area contributed by atoms with E-state index in [1.807, 2.05) is 0 Å². The van der Waals surface area contributed by atoms with Gasteiger partial charge in [-0.15, -0.1) is 11.8 Å². The zero-order valence-corrected chi connectivity index (χ0v) is 12.6. The highest BCUT2D eigenvalue weighted by atomic mass is 32.2. The van der Waals surface area contributed by atoms with Crippen LogP contribution in [0.5, 0.6) is 0 Å². The van der Waals surface area contributed by atoms with Gasteiger partial charge in [0.2, 0.25) is 0 Å². The standard InChI is InChI=1S/C15H24N2S/c1-15(2,3)17-10-9-13(16)14(17)11-5-7-12(18-4)8-6-11/h5-8,13-14H,9-10,16H2,1-4H3. The Morgan fingerprint density at radius 3 is 2.33 bits per heavy atom. The molecule has 1 aromatic carbocycles. The van der Waals surface area contributed by atoms with E-state index in [1.54, 1.807) is 11.8 Å². The number of hydrogen-bond acceptors (Lipinski definition) is 3. The normalized spacial score (nSPS) is 25.6. The van der Waals surface area contributed by atoms with Crippen molar-refractivity contribution in [3.05, 3.63) is 29.8 Å². The molecule has 0 amide bonds. The lowest BCUT2D eigenvalue weighted by atomic mass is 9.97. The van der Waals surface area contributed by atoms with Crippen LogP contribution in [0.15, 0.2) is 29.2 Å². The number of thioether (sulfide) groups is 1. The molecule has 18 heavy (non-hydrogen) atoms. The minimum atomic E-state index is 0.178. The largest absolute Gasteiger partial charge is 0.326 e. The van der Waals surface area contributed by atoms with Gasteiger partial charge in [-0.05, 0) is 51.1 Å². The summed E-state index contributed by atoms with van der Waals surface area (Å²) in [5.41, 5.74) is 7.85. The Morgan fingerprint density at radius 1 is 1.22 bits per heavy atom. The van der Waals surface area contributed by atoms with Crippen LogP contribution in [-0.2, 0) is 0 Å². The third kappa shape index (κ3) is 2.73. The fourth-order valence-electron chi connectivity index (χ4n) is 2.80. The number of nitrogens with zero attached hydrogens (tertiary/aromatic N) is 1. The molecule has 3 heteroatoms. The Bertz CT molecular complexity index is 394. The van der Waals surface area contributed by atoms with Crippen molar-refractivity contribution in [1.82, 2.24) is 4.90 Å². The molecule has 2 nitrogen and oxygen atoms in total. The van der Waals surface area contributed by atoms with E-state index in [-0.39, 0.29) is 11.6 Å². The van der Waals surface area contributed by atoms with Crippen molar-refractivity contribution in [2.24, 2.45) is 5.73 Å². The molecule has 2 unspecified atom stereocenters. The molecule has 1 saturated heterocycles. The highest BCUT2D eigenvalue weighted by Crippen LogP contribution is 2.36. The minimum absolute atomic E-state index is 0.178. The Balaban J connectivity index is 2.28. The average Bonchev–Trinajstić information content (AvgIpc) is 2.71. The summed E-state index contributed by atoms with van der Waals surface area (Å²) in [7, 11) is 0. The Labute approximate surface area is 115 Å². The number of hydrogen-bond donors (Lipinski definition) is 1. The van der Waals surface area contributed by atoms with E-state index in [1.165, 1.54) is 10.5 Å². The molecule has 0 radical (unpaired) electrons. The molecule has 0 saturated carbocycles. The highest BCUT2D eigenvalue weighted by Gasteiger charge is 2.38. The summed E-state index contributed by atoms with van der Waals surface area (Å²) in [4.78, 5) is 3.85. The lowest BCUT2D eigenvalue weighted by Gasteiger charge is -2.38. The minimum Gasteiger partial charge on any atom is -0.326 e. The molecule has 0 spiro atoms. The van der Waals surface area contributed by atoms with Gasteiger partial charge in [0.25, 0.3) is 0 Å². The van der Waals surface area contributed by atoms with E-state index in [0.29, 0.717) is 6.04 Å². The predicted octanol–water partition coefficient (Wildman–Crippen LogP) is 3.28. The molecule has 1 aliphatic rings. The smallest absolute Gasteiger partial charge is 0.0504 e. The van der Waals surface area contributed by atoms with Crippen LogP contribution in [0.25, 0.3) is 0 Å². The molecule has 2 N–H and O–H groups in total. The van der Waals surface area contributed by atoms with Gasteiger partial charge in [-0.1, -0.05) is 12.1 Å².